The number of fused-ring (bicyclic) bond motifs is 2. The molecule has 2 aliphatic carbocycles. The molecule has 3 N–H and O–H groups in total. The summed E-state index contributed by atoms with van der Waals surface area (Å²) in [4.78, 5) is 51.1. The summed E-state index contributed by atoms with van der Waals surface area (Å²) in [5, 5.41) is 14.4. The van der Waals surface area contributed by atoms with E-state index in [1.165, 1.54) is 24.3 Å². The molecule has 3 aromatic rings. The molecule has 0 saturated carbocycles. The maximum absolute atomic E-state index is 13.6. The Balaban J connectivity index is 1.17. The quantitative estimate of drug-likeness (QED) is 0.198. The number of esters is 2. The number of hydrogen-bond acceptors (Lipinski definition) is 9. The molecule has 1 saturated heterocycles. The number of alkyl halides is 3. The van der Waals surface area contributed by atoms with Crippen LogP contribution in [0.3, 0.4) is 0 Å². The molecule has 0 aromatic heterocycles. The maximum atomic E-state index is 13.6. The molecular weight excluding hydrogens is 685 g/mol. The first-order valence-corrected chi connectivity index (χ1v) is 16.5. The lowest BCUT2D eigenvalue weighted by Crippen LogP contribution is -2.43. The van der Waals surface area contributed by atoms with Crippen LogP contribution in [0.15, 0.2) is 90.5 Å². The van der Waals surface area contributed by atoms with Crippen LogP contribution in [0.4, 0.5) is 13.2 Å². The second kappa shape index (κ2) is 15.5. The molecule has 14 heteroatoms. The van der Waals surface area contributed by atoms with Crippen molar-refractivity contribution in [1.82, 2.24) is 10.6 Å². The van der Waals surface area contributed by atoms with Crippen molar-refractivity contribution in [2.45, 2.75) is 56.1 Å². The molecule has 0 radical (unpaired) electrons. The zero-order chi connectivity index (χ0) is 36.9. The molecule has 3 aliphatic rings. The van der Waals surface area contributed by atoms with E-state index < -0.39 is 54.7 Å². The van der Waals surface area contributed by atoms with Gasteiger partial charge in [0, 0.05) is 49.6 Å². The third-order valence-corrected chi connectivity index (χ3v) is 8.72. The standard InChI is InChI=1S/C38H35F3N2O9/c39-38(40,41)22-49-32(45)12-11-23-5-3-10-26(15-23)36(48)50-30-17-29(35(47)43-21-24-6-4-9-25(16-24)34(46)42-13-14-44)18-31-33(30)52-37(51-31)19-27-7-1-2-8-28(27)20-37/h1-12,15-16,18,30-31,33,44H,13-14,17,19-22H2,(H,42,46)(H,43,47). The Kier molecular flexibility index (Phi) is 10.9. The van der Waals surface area contributed by atoms with Crippen LogP contribution in [0.5, 0.6) is 0 Å². The number of benzene rings is 3. The molecule has 1 spiro atoms. The minimum absolute atomic E-state index is 0.000622. The molecule has 1 fully saturated rings. The number of aliphatic hydroxyl groups excluding tert-OH is 1. The average Bonchev–Trinajstić information content (AvgIpc) is 3.68. The summed E-state index contributed by atoms with van der Waals surface area (Å²) in [6.45, 7) is -1.72. The van der Waals surface area contributed by atoms with Gasteiger partial charge >= 0.3 is 18.1 Å². The summed E-state index contributed by atoms with van der Waals surface area (Å²) in [5.74, 6) is -3.77. The van der Waals surface area contributed by atoms with E-state index >= 15 is 0 Å². The molecule has 0 bridgehead atoms. The fraction of sp³-hybridized carbons (Fsp3) is 0.316. The molecule has 3 atom stereocenters. The van der Waals surface area contributed by atoms with Crippen molar-refractivity contribution in [1.29, 1.82) is 0 Å². The van der Waals surface area contributed by atoms with Crippen molar-refractivity contribution >= 4 is 29.8 Å². The van der Waals surface area contributed by atoms with Crippen molar-refractivity contribution in [2.75, 3.05) is 19.8 Å². The van der Waals surface area contributed by atoms with Crippen LogP contribution in [0, 0.1) is 0 Å². The Morgan fingerprint density at radius 3 is 2.37 bits per heavy atom. The summed E-state index contributed by atoms with van der Waals surface area (Å²) < 4.78 is 60.3. The molecule has 272 valence electrons. The Hall–Kier alpha value is -5.31. The zero-order valence-electron chi connectivity index (χ0n) is 27.7. The lowest BCUT2D eigenvalue weighted by atomic mass is 9.91. The van der Waals surface area contributed by atoms with Gasteiger partial charge in [0.25, 0.3) is 5.91 Å². The Labute approximate surface area is 296 Å². The highest BCUT2D eigenvalue weighted by Gasteiger charge is 2.55. The molecule has 2 amide bonds. The minimum atomic E-state index is -4.66. The number of aliphatic hydroxyl groups is 1. The largest absolute Gasteiger partial charge is 0.456 e. The van der Waals surface area contributed by atoms with Gasteiger partial charge in [0.1, 0.15) is 18.3 Å². The first-order chi connectivity index (χ1) is 24.9. The molecule has 1 heterocycles. The maximum Gasteiger partial charge on any atom is 0.422 e. The van der Waals surface area contributed by atoms with E-state index in [4.69, 9.17) is 19.3 Å². The van der Waals surface area contributed by atoms with E-state index in [0.717, 1.165) is 17.2 Å². The fourth-order valence-electron chi connectivity index (χ4n) is 6.39. The lowest BCUT2D eigenvalue weighted by Gasteiger charge is -2.30. The van der Waals surface area contributed by atoms with Gasteiger partial charge in [-0.15, -0.1) is 0 Å². The number of amides is 2. The van der Waals surface area contributed by atoms with Gasteiger partial charge < -0.3 is 34.7 Å². The van der Waals surface area contributed by atoms with Crippen molar-refractivity contribution in [3.05, 3.63) is 124 Å². The number of hydrogen-bond donors (Lipinski definition) is 3. The van der Waals surface area contributed by atoms with Gasteiger partial charge in [0.15, 0.2) is 12.4 Å². The SMILES string of the molecule is O=C(C=Cc1cccc(C(=O)OC2CC(C(=O)NCc3cccc(C(=O)NCCO)c3)=CC3OC4(Cc5ccccc5C4)OC32)c1)OCC(F)(F)F. The minimum Gasteiger partial charge on any atom is -0.456 e. The van der Waals surface area contributed by atoms with Crippen LogP contribution in [-0.4, -0.2) is 78.9 Å². The van der Waals surface area contributed by atoms with Gasteiger partial charge in [-0.3, -0.25) is 9.59 Å². The normalized spacial score (nSPS) is 20.2. The van der Waals surface area contributed by atoms with E-state index in [1.54, 1.807) is 36.4 Å². The van der Waals surface area contributed by atoms with Crippen molar-refractivity contribution in [3.8, 4) is 0 Å². The number of halogens is 3. The predicted octanol–water partition coefficient (Wildman–Crippen LogP) is 3.98. The number of ether oxygens (including phenoxy) is 4. The predicted molar refractivity (Wildman–Crippen MR) is 178 cm³/mol. The molecule has 3 unspecified atom stereocenters. The van der Waals surface area contributed by atoms with Crippen molar-refractivity contribution in [3.63, 3.8) is 0 Å². The summed E-state index contributed by atoms with van der Waals surface area (Å²) in [6, 6.07) is 20.5. The summed E-state index contributed by atoms with van der Waals surface area (Å²) in [7, 11) is 0. The van der Waals surface area contributed by atoms with Gasteiger partial charge in [-0.2, -0.15) is 13.2 Å². The van der Waals surface area contributed by atoms with Gasteiger partial charge in [0.05, 0.1) is 12.2 Å². The van der Waals surface area contributed by atoms with Crippen LogP contribution in [0.1, 0.15) is 49.4 Å². The topological polar surface area (TPSA) is 149 Å². The highest BCUT2D eigenvalue weighted by Crippen LogP contribution is 2.45. The van der Waals surface area contributed by atoms with Crippen molar-refractivity contribution < 1.29 is 56.4 Å². The van der Waals surface area contributed by atoms with E-state index in [-0.39, 0.29) is 37.6 Å². The highest BCUT2D eigenvalue weighted by molar-refractivity contribution is 5.95. The van der Waals surface area contributed by atoms with E-state index in [2.05, 4.69) is 15.4 Å². The average molecular weight is 721 g/mol. The van der Waals surface area contributed by atoms with E-state index in [9.17, 15) is 32.3 Å². The molecule has 3 aromatic carbocycles. The number of rotatable bonds is 11. The summed E-state index contributed by atoms with van der Waals surface area (Å²) in [5.41, 5.74) is 3.89. The third kappa shape index (κ3) is 8.94. The first-order valence-electron chi connectivity index (χ1n) is 16.5. The Bertz CT molecular complexity index is 1880. The fourth-order valence-corrected chi connectivity index (χ4v) is 6.39. The van der Waals surface area contributed by atoms with E-state index in [1.807, 2.05) is 24.3 Å². The van der Waals surface area contributed by atoms with Crippen LogP contribution >= 0.6 is 0 Å². The number of carbonyl (C=O) groups excluding carboxylic acids is 4. The summed E-state index contributed by atoms with van der Waals surface area (Å²) >= 11 is 0. The second-order valence-corrected chi connectivity index (χ2v) is 12.6. The number of carbonyl (C=O) groups is 4. The van der Waals surface area contributed by atoms with Crippen LogP contribution < -0.4 is 10.6 Å². The van der Waals surface area contributed by atoms with E-state index in [0.29, 0.717) is 35.1 Å². The molecular formula is C38H35F3N2O9. The van der Waals surface area contributed by atoms with Crippen molar-refractivity contribution in [2.24, 2.45) is 0 Å². The van der Waals surface area contributed by atoms with Crippen LogP contribution in [0.2, 0.25) is 0 Å². The highest BCUT2D eigenvalue weighted by atomic mass is 19.4. The second-order valence-electron chi connectivity index (χ2n) is 12.6. The van der Waals surface area contributed by atoms with Gasteiger partial charge in [0.2, 0.25) is 5.91 Å². The molecule has 52 heavy (non-hydrogen) atoms. The Morgan fingerprint density at radius 1 is 0.904 bits per heavy atom. The third-order valence-electron chi connectivity index (χ3n) is 8.72. The lowest BCUT2D eigenvalue weighted by molar-refractivity contribution is -0.182. The Morgan fingerprint density at radius 2 is 1.63 bits per heavy atom. The molecule has 11 nitrogen and oxygen atoms in total. The first kappa shape index (κ1) is 36.5. The van der Waals surface area contributed by atoms with Gasteiger partial charge in [-0.05, 0) is 58.7 Å². The van der Waals surface area contributed by atoms with Crippen LogP contribution in [0.25, 0.3) is 6.08 Å². The number of nitrogens with one attached hydrogen (secondary N) is 2. The monoisotopic (exact) mass is 720 g/mol. The van der Waals surface area contributed by atoms with Gasteiger partial charge in [-0.1, -0.05) is 48.5 Å². The molecule has 6 rings (SSSR count). The zero-order valence-corrected chi connectivity index (χ0v) is 27.7. The summed E-state index contributed by atoms with van der Waals surface area (Å²) in [6.07, 6.45) is -2.42. The van der Waals surface area contributed by atoms with Crippen LogP contribution in [-0.2, 0) is 47.9 Å². The smallest absolute Gasteiger partial charge is 0.422 e. The van der Waals surface area contributed by atoms with Gasteiger partial charge in [-0.25, -0.2) is 9.59 Å². The molecule has 1 aliphatic heterocycles.